The Labute approximate surface area is 180 Å². The summed E-state index contributed by atoms with van der Waals surface area (Å²) in [5.74, 6) is 0.132. The molecule has 0 saturated heterocycles. The maximum absolute atomic E-state index is 14.5. The Morgan fingerprint density at radius 1 is 1.14 bits per heavy atom. The molecule has 29 heavy (non-hydrogen) atoms. The van der Waals surface area contributed by atoms with Gasteiger partial charge in [-0.15, -0.1) is 0 Å². The number of carbonyl (C=O) groups is 1. The van der Waals surface area contributed by atoms with Gasteiger partial charge < -0.3 is 14.8 Å². The lowest BCUT2D eigenvalue weighted by atomic mass is 10.2. The molecular formula is C18H14Cl3FN4O3. The van der Waals surface area contributed by atoms with Crippen molar-refractivity contribution in [2.45, 2.75) is 3.79 Å². The average Bonchev–Trinajstić information content (AvgIpc) is 2.67. The van der Waals surface area contributed by atoms with E-state index in [-0.39, 0.29) is 17.8 Å². The number of anilines is 3. The molecule has 2 aromatic carbocycles. The van der Waals surface area contributed by atoms with Crippen molar-refractivity contribution >= 4 is 69.0 Å². The van der Waals surface area contributed by atoms with Crippen molar-refractivity contribution in [3.8, 4) is 5.75 Å². The van der Waals surface area contributed by atoms with Crippen molar-refractivity contribution in [1.82, 2.24) is 9.97 Å². The molecule has 0 aliphatic carbocycles. The molecule has 0 unspecified atom stereocenters. The van der Waals surface area contributed by atoms with Crippen LogP contribution in [-0.2, 0) is 4.74 Å². The number of alkyl halides is 3. The highest BCUT2D eigenvalue weighted by molar-refractivity contribution is 6.67. The van der Waals surface area contributed by atoms with E-state index < -0.39 is 15.7 Å². The third-order valence-corrected chi connectivity index (χ3v) is 3.99. The molecule has 0 aliphatic heterocycles. The van der Waals surface area contributed by atoms with Crippen LogP contribution < -0.4 is 15.4 Å². The molecule has 0 aliphatic rings. The molecule has 2 N–H and O–H groups in total. The molecule has 1 amide bonds. The number of aromatic nitrogens is 2. The number of hydrogen-bond donors (Lipinski definition) is 2. The normalized spacial score (nSPS) is 11.2. The van der Waals surface area contributed by atoms with Gasteiger partial charge in [-0.05, 0) is 24.3 Å². The SMILES string of the molecule is COc1cc(F)c2c(Nc3ccc(NC(=O)OCC(Cl)(Cl)Cl)cc3)ncnc2c1. The summed E-state index contributed by atoms with van der Waals surface area (Å²) in [5.41, 5.74) is 1.46. The van der Waals surface area contributed by atoms with Crippen LogP contribution >= 0.6 is 34.8 Å². The van der Waals surface area contributed by atoms with Crippen LogP contribution in [-0.4, -0.2) is 33.6 Å². The molecule has 1 heterocycles. The second-order valence-corrected chi connectivity index (χ2v) is 8.26. The molecule has 0 bridgehead atoms. The van der Waals surface area contributed by atoms with Gasteiger partial charge in [-0.1, -0.05) is 34.8 Å². The molecular weight excluding hydrogens is 446 g/mol. The fourth-order valence-corrected chi connectivity index (χ4v) is 2.57. The van der Waals surface area contributed by atoms with Gasteiger partial charge in [-0.3, -0.25) is 5.32 Å². The number of amides is 1. The molecule has 0 radical (unpaired) electrons. The van der Waals surface area contributed by atoms with Gasteiger partial charge in [0.1, 0.15) is 30.3 Å². The number of methoxy groups -OCH3 is 1. The van der Waals surface area contributed by atoms with Gasteiger partial charge in [0.2, 0.25) is 3.79 Å². The summed E-state index contributed by atoms with van der Waals surface area (Å²) < 4.78 is 22.6. The summed E-state index contributed by atoms with van der Waals surface area (Å²) in [5, 5.41) is 5.74. The topological polar surface area (TPSA) is 85.4 Å². The van der Waals surface area contributed by atoms with Gasteiger partial charge in [0.25, 0.3) is 0 Å². The van der Waals surface area contributed by atoms with Crippen molar-refractivity contribution in [1.29, 1.82) is 0 Å². The molecule has 3 rings (SSSR count). The Bertz CT molecular complexity index is 1030. The molecule has 152 valence electrons. The number of nitrogens with zero attached hydrogens (tertiary/aromatic N) is 2. The molecule has 0 spiro atoms. The van der Waals surface area contributed by atoms with Crippen LogP contribution in [0.5, 0.6) is 5.75 Å². The zero-order valence-corrected chi connectivity index (χ0v) is 17.1. The number of carbonyl (C=O) groups excluding carboxylic acids is 1. The lowest BCUT2D eigenvalue weighted by molar-refractivity contribution is 0.164. The molecule has 3 aromatic rings. The Morgan fingerprint density at radius 2 is 1.83 bits per heavy atom. The van der Waals surface area contributed by atoms with Crippen molar-refractivity contribution in [2.24, 2.45) is 0 Å². The summed E-state index contributed by atoms with van der Waals surface area (Å²) in [6, 6.07) is 9.43. The molecule has 11 heteroatoms. The summed E-state index contributed by atoms with van der Waals surface area (Å²) in [6.45, 7) is -0.389. The monoisotopic (exact) mass is 458 g/mol. The number of halogens is 4. The summed E-state index contributed by atoms with van der Waals surface area (Å²) in [4.78, 5) is 19.9. The van der Waals surface area contributed by atoms with E-state index in [1.807, 2.05) is 0 Å². The maximum atomic E-state index is 14.5. The number of benzene rings is 2. The Kier molecular flexibility index (Phi) is 6.46. The average molecular weight is 460 g/mol. The quantitative estimate of drug-likeness (QED) is 0.494. The maximum Gasteiger partial charge on any atom is 0.411 e. The minimum Gasteiger partial charge on any atom is -0.497 e. The minimum absolute atomic E-state index is 0.228. The Hall–Kier alpha value is -2.55. The molecule has 0 atom stereocenters. The highest BCUT2D eigenvalue weighted by Crippen LogP contribution is 2.29. The van der Waals surface area contributed by atoms with Crippen LogP contribution in [0.1, 0.15) is 0 Å². The summed E-state index contributed by atoms with van der Waals surface area (Å²) in [7, 11) is 1.45. The summed E-state index contributed by atoms with van der Waals surface area (Å²) >= 11 is 16.6. The molecule has 7 nitrogen and oxygen atoms in total. The second-order valence-electron chi connectivity index (χ2n) is 5.74. The van der Waals surface area contributed by atoms with Gasteiger partial charge in [0.15, 0.2) is 0 Å². The van der Waals surface area contributed by atoms with Gasteiger partial charge in [-0.25, -0.2) is 19.2 Å². The first-order valence-electron chi connectivity index (χ1n) is 8.11. The Morgan fingerprint density at radius 3 is 2.48 bits per heavy atom. The first-order valence-corrected chi connectivity index (χ1v) is 9.24. The number of nitrogens with one attached hydrogen (secondary N) is 2. The standard InChI is InChI=1S/C18H14Cl3FN4O3/c1-28-12-6-13(22)15-14(7-12)23-9-24-16(15)25-10-2-4-11(5-3-10)26-17(27)29-8-18(19,20)21/h2-7,9H,8H2,1H3,(H,26,27)(H,23,24,25). The van der Waals surface area contributed by atoms with Crippen molar-refractivity contribution in [3.05, 3.63) is 48.5 Å². The van der Waals surface area contributed by atoms with E-state index in [0.717, 1.165) is 0 Å². The highest BCUT2D eigenvalue weighted by atomic mass is 35.6. The van der Waals surface area contributed by atoms with E-state index in [1.54, 1.807) is 30.3 Å². The molecule has 1 aromatic heterocycles. The van der Waals surface area contributed by atoms with E-state index in [1.165, 1.54) is 19.5 Å². The van der Waals surface area contributed by atoms with Gasteiger partial charge in [0, 0.05) is 23.5 Å². The number of hydrogen-bond acceptors (Lipinski definition) is 6. The van der Waals surface area contributed by atoms with Gasteiger partial charge in [0.05, 0.1) is 18.0 Å². The highest BCUT2D eigenvalue weighted by Gasteiger charge is 2.22. The predicted molar refractivity (Wildman–Crippen MR) is 111 cm³/mol. The van der Waals surface area contributed by atoms with E-state index in [0.29, 0.717) is 22.6 Å². The van der Waals surface area contributed by atoms with Gasteiger partial charge in [-0.2, -0.15) is 0 Å². The smallest absolute Gasteiger partial charge is 0.411 e. The minimum atomic E-state index is -1.69. The first-order chi connectivity index (χ1) is 13.7. The van der Waals surface area contributed by atoms with E-state index in [4.69, 9.17) is 44.3 Å². The van der Waals surface area contributed by atoms with Crippen molar-refractivity contribution in [2.75, 3.05) is 24.4 Å². The van der Waals surface area contributed by atoms with Crippen LogP contribution in [0.15, 0.2) is 42.7 Å². The third-order valence-electron chi connectivity index (χ3n) is 3.66. The van der Waals surface area contributed by atoms with Crippen LogP contribution in [0, 0.1) is 5.82 Å². The lowest BCUT2D eigenvalue weighted by Crippen LogP contribution is -2.21. The third kappa shape index (κ3) is 5.72. The Balaban J connectivity index is 1.72. The number of ether oxygens (including phenoxy) is 2. The van der Waals surface area contributed by atoms with E-state index in [2.05, 4.69) is 20.6 Å². The van der Waals surface area contributed by atoms with Crippen LogP contribution in [0.25, 0.3) is 10.9 Å². The van der Waals surface area contributed by atoms with Crippen LogP contribution in [0.4, 0.5) is 26.4 Å². The van der Waals surface area contributed by atoms with Crippen LogP contribution in [0.2, 0.25) is 0 Å². The van der Waals surface area contributed by atoms with Crippen molar-refractivity contribution in [3.63, 3.8) is 0 Å². The second kappa shape index (κ2) is 8.86. The number of rotatable bonds is 5. The van der Waals surface area contributed by atoms with E-state index >= 15 is 0 Å². The molecule has 0 saturated carbocycles. The van der Waals surface area contributed by atoms with Crippen LogP contribution in [0.3, 0.4) is 0 Å². The zero-order valence-electron chi connectivity index (χ0n) is 14.9. The fourth-order valence-electron chi connectivity index (χ4n) is 2.41. The fraction of sp³-hybridized carbons (Fsp3) is 0.167. The summed E-state index contributed by atoms with van der Waals surface area (Å²) in [6.07, 6.45) is 0.551. The first kappa shape index (κ1) is 21.2. The predicted octanol–water partition coefficient (Wildman–Crippen LogP) is 5.44. The van der Waals surface area contributed by atoms with Gasteiger partial charge >= 0.3 is 6.09 Å². The van der Waals surface area contributed by atoms with E-state index in [9.17, 15) is 9.18 Å². The van der Waals surface area contributed by atoms with Crippen molar-refractivity contribution < 1.29 is 18.7 Å². The largest absolute Gasteiger partial charge is 0.497 e. The lowest BCUT2D eigenvalue weighted by Gasteiger charge is -2.13. The number of fused-ring (bicyclic) bond motifs is 1. The zero-order chi connectivity index (χ0) is 21.0. The molecule has 0 fully saturated rings.